The van der Waals surface area contributed by atoms with Crippen LogP contribution in [0.5, 0.6) is 0 Å². The summed E-state index contributed by atoms with van der Waals surface area (Å²) < 4.78 is 21.1. The number of hydrogen-bond donors (Lipinski definition) is 0. The van der Waals surface area contributed by atoms with Crippen LogP contribution in [0.3, 0.4) is 0 Å². The van der Waals surface area contributed by atoms with E-state index in [2.05, 4.69) is 4.63 Å². The van der Waals surface area contributed by atoms with Crippen LogP contribution in [-0.4, -0.2) is 9.17 Å². The van der Waals surface area contributed by atoms with Gasteiger partial charge < -0.3 is 13.9 Å². The topological polar surface area (TPSA) is 49.4 Å². The van der Waals surface area contributed by atoms with Gasteiger partial charge in [-0.2, -0.15) is 0 Å². The Morgan fingerprint density at radius 2 is 2.00 bits per heavy atom. The Bertz CT molecular complexity index is 46.1. The molecule has 0 aromatic rings. The molecule has 0 N–H and O–H groups in total. The van der Waals surface area contributed by atoms with Gasteiger partial charge in [-0.15, -0.1) is 0 Å². The molecule has 0 atom stereocenters. The SMILES string of the molecule is O=[Si]([O-])OF.[Na+]. The molecule has 0 radical (unpaired) electrons. The molecule has 0 aromatic carbocycles. The van der Waals surface area contributed by atoms with E-state index in [9.17, 15) is 4.53 Å². The summed E-state index contributed by atoms with van der Waals surface area (Å²) in [5.74, 6) is 0. The first-order chi connectivity index (χ1) is 2.27. The predicted molar refractivity (Wildman–Crippen MR) is 8.63 cm³/mol. The molecule has 0 aromatic heterocycles. The maximum atomic E-state index is 10.0. The van der Waals surface area contributed by atoms with Crippen LogP contribution in [0.1, 0.15) is 0 Å². The normalized spacial score (nSPS) is 5.50. The fraction of sp³-hybridized carbons (Fsp3) is 0. The van der Waals surface area contributed by atoms with Gasteiger partial charge in [0.2, 0.25) is 0 Å². The van der Waals surface area contributed by atoms with Crippen LogP contribution in [0, 0.1) is 0 Å². The molecule has 6 heteroatoms. The van der Waals surface area contributed by atoms with E-state index in [1.54, 1.807) is 0 Å². The minimum absolute atomic E-state index is 0. The van der Waals surface area contributed by atoms with Crippen LogP contribution in [0.4, 0.5) is 4.53 Å². The minimum Gasteiger partial charge on any atom is -0.478 e. The van der Waals surface area contributed by atoms with Crippen LogP contribution in [0.2, 0.25) is 0 Å². The first kappa shape index (κ1) is 9.74. The second-order valence-corrected chi connectivity index (χ2v) is 0.981. The van der Waals surface area contributed by atoms with Crippen molar-refractivity contribution in [3.63, 3.8) is 0 Å². The Hall–Kier alpha value is 0.547. The van der Waals surface area contributed by atoms with Gasteiger partial charge in [0.25, 0.3) is 0 Å². The number of hydrogen-bond acceptors (Lipinski definition) is 3. The summed E-state index contributed by atoms with van der Waals surface area (Å²) in [4.78, 5) is 8.84. The molecular formula is FNaO3Si. The summed E-state index contributed by atoms with van der Waals surface area (Å²) in [6.07, 6.45) is 0. The maximum Gasteiger partial charge on any atom is 1.00 e. The van der Waals surface area contributed by atoms with Gasteiger partial charge in [-0.1, -0.05) is 4.53 Å². The van der Waals surface area contributed by atoms with Crippen LogP contribution >= 0.6 is 0 Å². The van der Waals surface area contributed by atoms with Gasteiger partial charge in [0.15, 0.2) is 0 Å². The molecule has 0 fully saturated rings. The average molecular weight is 118 g/mol. The van der Waals surface area contributed by atoms with E-state index in [-0.39, 0.29) is 29.6 Å². The van der Waals surface area contributed by atoms with Gasteiger partial charge in [0.1, 0.15) is 0 Å². The smallest absolute Gasteiger partial charge is 0.478 e. The van der Waals surface area contributed by atoms with Crippen molar-refractivity contribution in [2.45, 2.75) is 0 Å². The Balaban J connectivity index is 0. The second kappa shape index (κ2) is 5.55. The van der Waals surface area contributed by atoms with Crippen molar-refractivity contribution in [2.75, 3.05) is 0 Å². The number of halogens is 1. The quantitative estimate of drug-likeness (QED) is 0.327. The Morgan fingerprint density at radius 1 is 1.83 bits per heavy atom. The van der Waals surface area contributed by atoms with Gasteiger partial charge >= 0.3 is 38.7 Å². The average Bonchev–Trinajstić information content (AvgIpc) is 1.38. The van der Waals surface area contributed by atoms with Crippen LogP contribution in [0.15, 0.2) is 0 Å². The van der Waals surface area contributed by atoms with E-state index in [0.29, 0.717) is 0 Å². The Labute approximate surface area is 57.2 Å². The van der Waals surface area contributed by atoms with E-state index in [1.807, 2.05) is 0 Å². The van der Waals surface area contributed by atoms with Crippen molar-refractivity contribution in [2.24, 2.45) is 0 Å². The fourth-order valence-corrected chi connectivity index (χ4v) is 0. The van der Waals surface area contributed by atoms with E-state index >= 15 is 0 Å². The largest absolute Gasteiger partial charge is 1.00 e. The third-order valence-corrected chi connectivity index (χ3v) is 0.189. The van der Waals surface area contributed by atoms with Crippen molar-refractivity contribution in [1.29, 1.82) is 0 Å². The molecule has 30 valence electrons. The summed E-state index contributed by atoms with van der Waals surface area (Å²) in [6, 6.07) is 0. The monoisotopic (exact) mass is 118 g/mol. The van der Waals surface area contributed by atoms with E-state index < -0.39 is 9.17 Å². The summed E-state index contributed by atoms with van der Waals surface area (Å²) in [6.45, 7) is 0. The van der Waals surface area contributed by atoms with Crippen LogP contribution < -0.4 is 34.4 Å². The molecule has 0 unspecified atom stereocenters. The van der Waals surface area contributed by atoms with Crippen molar-refractivity contribution in [3.05, 3.63) is 0 Å². The predicted octanol–water partition coefficient (Wildman–Crippen LogP) is -4.33. The van der Waals surface area contributed by atoms with Gasteiger partial charge in [-0.3, -0.25) is 0 Å². The zero-order chi connectivity index (χ0) is 4.28. The molecule has 0 aliphatic rings. The fourth-order valence-electron chi connectivity index (χ4n) is 0. The van der Waals surface area contributed by atoms with Crippen LogP contribution in [-0.2, 0) is 9.09 Å². The standard InChI is InChI=1S/FO3Si.Na/c1-4-5(2)3;/q-1;+1. The molecule has 0 aliphatic carbocycles. The molecule has 0 amide bonds. The summed E-state index contributed by atoms with van der Waals surface area (Å²) in [5.41, 5.74) is 0. The molecule has 0 bridgehead atoms. The van der Waals surface area contributed by atoms with Crippen LogP contribution in [0.25, 0.3) is 0 Å². The molecule has 0 aliphatic heterocycles. The maximum absolute atomic E-state index is 10.0. The van der Waals surface area contributed by atoms with Gasteiger partial charge in [-0.05, 0) is 0 Å². The summed E-state index contributed by atoms with van der Waals surface area (Å²) in [7, 11) is -3.54. The Kier molecular flexibility index (Phi) is 9.01. The zero-order valence-corrected chi connectivity index (χ0v) is 6.10. The first-order valence-electron chi connectivity index (χ1n) is 0.767. The third-order valence-electron chi connectivity index (χ3n) is 0.0630. The summed E-state index contributed by atoms with van der Waals surface area (Å²) in [5, 5.41) is 0. The second-order valence-electron chi connectivity index (χ2n) is 0.327. The zero-order valence-electron chi connectivity index (χ0n) is 3.10. The molecule has 0 heterocycles. The Morgan fingerprint density at radius 3 is 2.00 bits per heavy atom. The number of rotatable bonds is 1. The van der Waals surface area contributed by atoms with Crippen molar-refractivity contribution in [3.8, 4) is 0 Å². The van der Waals surface area contributed by atoms with E-state index in [0.717, 1.165) is 0 Å². The third kappa shape index (κ3) is 8.82. The molecule has 6 heavy (non-hydrogen) atoms. The van der Waals surface area contributed by atoms with Crippen molar-refractivity contribution < 1.29 is 48.0 Å². The molecule has 0 saturated heterocycles. The van der Waals surface area contributed by atoms with E-state index in [4.69, 9.17) is 9.26 Å². The first-order valence-corrected chi connectivity index (χ1v) is 1.99. The molecule has 0 rings (SSSR count). The van der Waals surface area contributed by atoms with Crippen molar-refractivity contribution in [1.82, 2.24) is 0 Å². The molecule has 0 spiro atoms. The molecular weight excluding hydrogens is 118 g/mol. The van der Waals surface area contributed by atoms with E-state index in [1.165, 1.54) is 0 Å². The molecule has 3 nitrogen and oxygen atoms in total. The van der Waals surface area contributed by atoms with Gasteiger partial charge in [-0.25, -0.2) is 0 Å². The molecule has 0 saturated carbocycles. The summed E-state index contributed by atoms with van der Waals surface area (Å²) >= 11 is 0. The van der Waals surface area contributed by atoms with Gasteiger partial charge in [0.05, 0.1) is 0 Å². The minimum atomic E-state index is -3.54. The van der Waals surface area contributed by atoms with Gasteiger partial charge in [0, 0.05) is 0 Å². The van der Waals surface area contributed by atoms with Crippen molar-refractivity contribution >= 4 is 9.17 Å².